The lowest BCUT2D eigenvalue weighted by atomic mass is 10.2. The van der Waals surface area contributed by atoms with Crippen molar-refractivity contribution in [2.24, 2.45) is 0 Å². The summed E-state index contributed by atoms with van der Waals surface area (Å²) in [5.41, 5.74) is 0.577. The molecule has 0 aliphatic heterocycles. The van der Waals surface area contributed by atoms with E-state index in [0.717, 1.165) is 10.0 Å². The second-order valence-corrected chi connectivity index (χ2v) is 6.08. The zero-order chi connectivity index (χ0) is 15.9. The number of aliphatic carboxylic acids is 1. The molecule has 0 fully saturated rings. The summed E-state index contributed by atoms with van der Waals surface area (Å²) in [6.07, 6.45) is 0.565. The van der Waals surface area contributed by atoms with Crippen molar-refractivity contribution in [2.75, 3.05) is 0 Å². The number of hydrogen-bond donors (Lipinski definition) is 2. The highest BCUT2D eigenvalue weighted by molar-refractivity contribution is 9.10. The molecule has 1 aromatic heterocycles. The predicted octanol–water partition coefficient (Wildman–Crippen LogP) is 3.86. The van der Waals surface area contributed by atoms with Crippen LogP contribution in [0.15, 0.2) is 51.9 Å². The molecule has 5 nitrogen and oxygen atoms in total. The van der Waals surface area contributed by atoms with Crippen molar-refractivity contribution < 1.29 is 19.4 Å². The van der Waals surface area contributed by atoms with Crippen LogP contribution in [0.2, 0.25) is 0 Å². The molecule has 1 aromatic carbocycles. The van der Waals surface area contributed by atoms with Crippen LogP contribution in [0.5, 0.6) is 0 Å². The third kappa shape index (κ3) is 5.01. The number of carboxylic acid groups (broad SMARTS) is 1. The quantitative estimate of drug-likeness (QED) is 0.770. The van der Waals surface area contributed by atoms with Gasteiger partial charge in [-0.3, -0.25) is 5.32 Å². The van der Waals surface area contributed by atoms with Gasteiger partial charge in [-0.2, -0.15) is 0 Å². The SMILES string of the molecule is O=C(N/C(=C\c1cc(Br)cs1)C(=O)O)OCc1ccccc1. The van der Waals surface area contributed by atoms with Crippen LogP contribution < -0.4 is 5.32 Å². The Hall–Kier alpha value is -2.12. The molecule has 7 heteroatoms. The number of carbonyl (C=O) groups excluding carboxylic acids is 1. The number of amides is 1. The van der Waals surface area contributed by atoms with Crippen LogP contribution in [0.25, 0.3) is 6.08 Å². The minimum absolute atomic E-state index is 0.0735. The monoisotopic (exact) mass is 381 g/mol. The second kappa shape index (κ2) is 7.77. The van der Waals surface area contributed by atoms with Crippen LogP contribution >= 0.6 is 27.3 Å². The Balaban J connectivity index is 1.97. The molecule has 0 bridgehead atoms. The largest absolute Gasteiger partial charge is 0.477 e. The molecule has 1 heterocycles. The Kier molecular flexibility index (Phi) is 5.74. The van der Waals surface area contributed by atoms with Crippen molar-refractivity contribution >= 4 is 45.4 Å². The van der Waals surface area contributed by atoms with Gasteiger partial charge in [0, 0.05) is 14.7 Å². The highest BCUT2D eigenvalue weighted by Gasteiger charge is 2.13. The first-order valence-electron chi connectivity index (χ1n) is 6.21. The van der Waals surface area contributed by atoms with E-state index in [9.17, 15) is 9.59 Å². The van der Waals surface area contributed by atoms with E-state index in [1.54, 1.807) is 6.07 Å². The number of rotatable bonds is 5. The van der Waals surface area contributed by atoms with E-state index in [1.165, 1.54) is 17.4 Å². The van der Waals surface area contributed by atoms with Crippen LogP contribution in [0, 0.1) is 0 Å². The van der Waals surface area contributed by atoms with Gasteiger partial charge in [0.1, 0.15) is 12.3 Å². The van der Waals surface area contributed by atoms with Gasteiger partial charge in [0.25, 0.3) is 0 Å². The van der Waals surface area contributed by atoms with Gasteiger partial charge in [-0.05, 0) is 33.6 Å². The Morgan fingerprint density at radius 1 is 1.32 bits per heavy atom. The molecule has 22 heavy (non-hydrogen) atoms. The summed E-state index contributed by atoms with van der Waals surface area (Å²) >= 11 is 4.64. The van der Waals surface area contributed by atoms with E-state index in [2.05, 4.69) is 21.2 Å². The number of hydrogen-bond acceptors (Lipinski definition) is 4. The van der Waals surface area contributed by atoms with Crippen molar-refractivity contribution in [1.82, 2.24) is 5.32 Å². The fourth-order valence-electron chi connectivity index (χ4n) is 1.57. The number of carboxylic acids is 1. The van der Waals surface area contributed by atoms with Gasteiger partial charge in [-0.1, -0.05) is 30.3 Å². The highest BCUT2D eigenvalue weighted by Crippen LogP contribution is 2.21. The summed E-state index contributed by atoms with van der Waals surface area (Å²) in [4.78, 5) is 23.6. The average molecular weight is 382 g/mol. The van der Waals surface area contributed by atoms with Gasteiger partial charge in [-0.25, -0.2) is 9.59 Å². The molecule has 1 amide bonds. The molecule has 0 saturated carbocycles. The number of halogens is 1. The lowest BCUT2D eigenvalue weighted by Gasteiger charge is -2.07. The Bertz CT molecular complexity index is 697. The van der Waals surface area contributed by atoms with Crippen molar-refractivity contribution in [2.45, 2.75) is 6.61 Å². The Morgan fingerprint density at radius 2 is 2.05 bits per heavy atom. The summed E-state index contributed by atoms with van der Waals surface area (Å²) in [5.74, 6) is -1.24. The van der Waals surface area contributed by atoms with Gasteiger partial charge >= 0.3 is 12.1 Å². The topological polar surface area (TPSA) is 75.6 Å². The normalized spacial score (nSPS) is 11.0. The van der Waals surface area contributed by atoms with Crippen LogP contribution in [-0.4, -0.2) is 17.2 Å². The standard InChI is InChI=1S/C15H12BrNO4S/c16-11-6-12(22-9-11)7-13(14(18)19)17-15(20)21-8-10-4-2-1-3-5-10/h1-7,9H,8H2,(H,17,20)(H,18,19)/b13-7-. The van der Waals surface area contributed by atoms with Gasteiger partial charge in [0.15, 0.2) is 0 Å². The average Bonchev–Trinajstić information content (AvgIpc) is 2.91. The van der Waals surface area contributed by atoms with E-state index in [-0.39, 0.29) is 12.3 Å². The summed E-state index contributed by atoms with van der Waals surface area (Å²) in [6, 6.07) is 10.9. The summed E-state index contributed by atoms with van der Waals surface area (Å²) in [5, 5.41) is 13.2. The summed E-state index contributed by atoms with van der Waals surface area (Å²) in [6.45, 7) is 0.0735. The van der Waals surface area contributed by atoms with Gasteiger partial charge in [0.05, 0.1) is 0 Å². The molecule has 0 spiro atoms. The number of nitrogens with one attached hydrogen (secondary N) is 1. The molecule has 114 valence electrons. The molecule has 2 aromatic rings. The maximum atomic E-state index is 11.7. The Morgan fingerprint density at radius 3 is 2.64 bits per heavy atom. The van der Waals surface area contributed by atoms with Crippen LogP contribution in [-0.2, 0) is 16.1 Å². The first-order chi connectivity index (χ1) is 10.5. The van der Waals surface area contributed by atoms with Crippen molar-refractivity contribution in [3.05, 3.63) is 62.4 Å². The van der Waals surface area contributed by atoms with Crippen LogP contribution in [0.3, 0.4) is 0 Å². The maximum absolute atomic E-state index is 11.7. The van der Waals surface area contributed by atoms with Crippen molar-refractivity contribution in [1.29, 1.82) is 0 Å². The smallest absolute Gasteiger partial charge is 0.412 e. The van der Waals surface area contributed by atoms with E-state index in [1.807, 2.05) is 35.7 Å². The first kappa shape index (κ1) is 16.3. The van der Waals surface area contributed by atoms with E-state index in [4.69, 9.17) is 9.84 Å². The molecular weight excluding hydrogens is 370 g/mol. The van der Waals surface area contributed by atoms with Gasteiger partial charge in [-0.15, -0.1) is 11.3 Å². The zero-order valence-electron chi connectivity index (χ0n) is 11.3. The van der Waals surface area contributed by atoms with Crippen molar-refractivity contribution in [3.63, 3.8) is 0 Å². The molecule has 0 atom stereocenters. The fraction of sp³-hybridized carbons (Fsp3) is 0.0667. The molecule has 0 aliphatic carbocycles. The molecule has 0 saturated heterocycles. The predicted molar refractivity (Wildman–Crippen MR) is 87.4 cm³/mol. The number of benzene rings is 1. The third-order valence-corrected chi connectivity index (χ3v) is 4.19. The second-order valence-electron chi connectivity index (χ2n) is 4.22. The molecule has 2 rings (SSSR count). The number of alkyl carbamates (subject to hydrolysis) is 1. The van der Waals surface area contributed by atoms with Crippen molar-refractivity contribution in [3.8, 4) is 0 Å². The molecule has 0 unspecified atom stereocenters. The Labute approximate surface area is 139 Å². The minimum atomic E-state index is -1.24. The summed E-state index contributed by atoms with van der Waals surface area (Å²) in [7, 11) is 0. The van der Waals surface area contributed by atoms with E-state index >= 15 is 0 Å². The minimum Gasteiger partial charge on any atom is -0.477 e. The number of carbonyl (C=O) groups is 2. The third-order valence-electron chi connectivity index (χ3n) is 2.55. The van der Waals surface area contributed by atoms with E-state index < -0.39 is 12.1 Å². The lowest BCUT2D eigenvalue weighted by molar-refractivity contribution is -0.132. The van der Waals surface area contributed by atoms with Crippen LogP contribution in [0.1, 0.15) is 10.4 Å². The maximum Gasteiger partial charge on any atom is 0.412 e. The number of thiophene rings is 1. The van der Waals surface area contributed by atoms with Crippen LogP contribution in [0.4, 0.5) is 4.79 Å². The van der Waals surface area contributed by atoms with E-state index in [0.29, 0.717) is 4.88 Å². The molecule has 0 aliphatic rings. The highest BCUT2D eigenvalue weighted by atomic mass is 79.9. The van der Waals surface area contributed by atoms with Gasteiger partial charge < -0.3 is 9.84 Å². The summed E-state index contributed by atoms with van der Waals surface area (Å²) < 4.78 is 5.84. The molecule has 2 N–H and O–H groups in total. The lowest BCUT2D eigenvalue weighted by Crippen LogP contribution is -2.27. The van der Waals surface area contributed by atoms with Gasteiger partial charge in [0.2, 0.25) is 0 Å². The first-order valence-corrected chi connectivity index (χ1v) is 7.88. The molecular formula is C15H12BrNO4S. The molecule has 0 radical (unpaired) electrons. The number of ether oxygens (including phenoxy) is 1. The zero-order valence-corrected chi connectivity index (χ0v) is 13.7. The fourth-order valence-corrected chi connectivity index (χ4v) is 2.94.